The molecule has 0 amide bonds. The highest BCUT2D eigenvalue weighted by atomic mass is 16.3. The Labute approximate surface area is 180 Å². The van der Waals surface area contributed by atoms with Gasteiger partial charge in [0, 0.05) is 30.1 Å². The molecular weight excluding hydrogens is 390 g/mol. The third-order valence-corrected chi connectivity index (χ3v) is 5.99. The minimum Gasteiger partial charge on any atom is -0.450 e. The van der Waals surface area contributed by atoms with Gasteiger partial charge in [0.1, 0.15) is 11.6 Å². The van der Waals surface area contributed by atoms with E-state index in [1.807, 2.05) is 49.4 Å². The minimum absolute atomic E-state index is 0.292. The summed E-state index contributed by atoms with van der Waals surface area (Å²) in [5.41, 5.74) is 2.72. The Bertz CT molecular complexity index is 1270. The first kappa shape index (κ1) is 19.5. The lowest BCUT2D eigenvalue weighted by Crippen LogP contribution is -2.31. The van der Waals surface area contributed by atoms with Crippen LogP contribution in [0.15, 0.2) is 64.1 Å². The largest absolute Gasteiger partial charge is 0.450 e. The Hall–Kier alpha value is -3.45. The smallest absolute Gasteiger partial charge is 0.315 e. The van der Waals surface area contributed by atoms with Crippen LogP contribution in [0.5, 0.6) is 0 Å². The van der Waals surface area contributed by atoms with Crippen molar-refractivity contribution in [2.45, 2.75) is 19.4 Å². The summed E-state index contributed by atoms with van der Waals surface area (Å²) < 4.78 is 7.26. The first-order valence-electron chi connectivity index (χ1n) is 10.5. The number of aromatic nitrogens is 3. The van der Waals surface area contributed by atoms with E-state index >= 15 is 0 Å². The molecule has 0 spiro atoms. The van der Waals surface area contributed by atoms with Crippen LogP contribution in [0.1, 0.15) is 12.0 Å². The van der Waals surface area contributed by atoms with E-state index in [4.69, 9.17) is 4.42 Å². The molecule has 5 rings (SSSR count). The molecule has 4 heterocycles. The van der Waals surface area contributed by atoms with Crippen LogP contribution < -0.4 is 10.5 Å². The lowest BCUT2D eigenvalue weighted by atomic mass is 10.1. The third kappa shape index (κ3) is 3.61. The fraction of sp³-hybridized carbons (Fsp3) is 0.292. The van der Waals surface area contributed by atoms with Gasteiger partial charge in [-0.25, -0.2) is 4.98 Å². The lowest BCUT2D eigenvalue weighted by molar-refractivity contribution is 0.315. The molecule has 0 N–H and O–H groups in total. The molecule has 1 fully saturated rings. The van der Waals surface area contributed by atoms with Crippen LogP contribution in [0.25, 0.3) is 28.0 Å². The van der Waals surface area contributed by atoms with Gasteiger partial charge in [0.2, 0.25) is 5.58 Å². The molecule has 1 atom stereocenters. The van der Waals surface area contributed by atoms with Crippen molar-refractivity contribution in [3.8, 4) is 17.0 Å². The van der Waals surface area contributed by atoms with Crippen molar-refractivity contribution in [3.05, 3.63) is 70.8 Å². The number of nitrogens with zero attached hydrogens (tertiary/aromatic N) is 5. The molecule has 1 saturated heterocycles. The number of hydrogen-bond acceptors (Lipinski definition) is 6. The number of anilines is 1. The number of rotatable bonds is 4. The number of pyridine rings is 1. The number of hydrogen-bond donors (Lipinski definition) is 0. The van der Waals surface area contributed by atoms with Crippen LogP contribution in [0.4, 0.5) is 5.82 Å². The molecule has 7 nitrogen and oxygen atoms in total. The van der Waals surface area contributed by atoms with Gasteiger partial charge in [0.05, 0.1) is 18.1 Å². The first-order valence-corrected chi connectivity index (χ1v) is 10.5. The Balaban J connectivity index is 1.44. The van der Waals surface area contributed by atoms with Gasteiger partial charge < -0.3 is 14.2 Å². The monoisotopic (exact) mass is 415 g/mol. The standard InChI is InChI=1S/C24H25N5O2/c1-16-4-6-17(7-5-16)21-12-18-13-26-29(24(30)23(18)31-21)19-8-9-22(25-14-19)28-11-10-20(15-28)27(2)3/h4-9,12-14,20H,10-11,15H2,1-3H3/t20-/m0/s1. The maximum Gasteiger partial charge on any atom is 0.315 e. The van der Waals surface area contributed by atoms with Crippen LogP contribution in [0.3, 0.4) is 0 Å². The highest BCUT2D eigenvalue weighted by Gasteiger charge is 2.24. The van der Waals surface area contributed by atoms with Gasteiger partial charge in [-0.1, -0.05) is 29.8 Å². The van der Waals surface area contributed by atoms with E-state index in [9.17, 15) is 4.79 Å². The second kappa shape index (κ2) is 7.67. The van der Waals surface area contributed by atoms with E-state index in [0.717, 1.165) is 30.9 Å². The highest BCUT2D eigenvalue weighted by Crippen LogP contribution is 2.26. The zero-order valence-corrected chi connectivity index (χ0v) is 17.9. The molecule has 31 heavy (non-hydrogen) atoms. The van der Waals surface area contributed by atoms with E-state index in [2.05, 4.69) is 34.0 Å². The predicted molar refractivity (Wildman–Crippen MR) is 122 cm³/mol. The summed E-state index contributed by atoms with van der Waals surface area (Å²) in [6.45, 7) is 3.97. The molecule has 3 aromatic heterocycles. The molecule has 0 saturated carbocycles. The number of furan rings is 1. The third-order valence-electron chi connectivity index (χ3n) is 5.99. The van der Waals surface area contributed by atoms with Crippen molar-refractivity contribution >= 4 is 16.8 Å². The van der Waals surface area contributed by atoms with E-state index in [1.165, 1.54) is 10.2 Å². The zero-order chi connectivity index (χ0) is 21.5. The van der Waals surface area contributed by atoms with Crippen molar-refractivity contribution < 1.29 is 4.42 Å². The average molecular weight is 415 g/mol. The van der Waals surface area contributed by atoms with E-state index in [1.54, 1.807) is 12.4 Å². The van der Waals surface area contributed by atoms with Crippen molar-refractivity contribution in [2.75, 3.05) is 32.1 Å². The minimum atomic E-state index is -0.292. The quantitative estimate of drug-likeness (QED) is 0.508. The Morgan fingerprint density at radius 2 is 1.90 bits per heavy atom. The predicted octanol–water partition coefficient (Wildman–Crippen LogP) is 3.49. The Kier molecular flexibility index (Phi) is 4.82. The topological polar surface area (TPSA) is 67.4 Å². The molecule has 1 aliphatic rings. The Morgan fingerprint density at radius 3 is 2.58 bits per heavy atom. The van der Waals surface area contributed by atoms with Crippen molar-refractivity contribution in [1.29, 1.82) is 0 Å². The van der Waals surface area contributed by atoms with Crippen molar-refractivity contribution in [3.63, 3.8) is 0 Å². The average Bonchev–Trinajstić information content (AvgIpc) is 3.43. The molecule has 1 aromatic carbocycles. The summed E-state index contributed by atoms with van der Waals surface area (Å²) in [4.78, 5) is 22.2. The van der Waals surface area contributed by atoms with E-state index in [0.29, 0.717) is 28.5 Å². The fourth-order valence-electron chi connectivity index (χ4n) is 4.04. The van der Waals surface area contributed by atoms with Gasteiger partial charge in [0.15, 0.2) is 0 Å². The van der Waals surface area contributed by atoms with Gasteiger partial charge in [-0.3, -0.25) is 4.79 Å². The number of likely N-dealkylation sites (N-methyl/N-ethyl adjacent to an activating group) is 1. The van der Waals surface area contributed by atoms with Crippen LogP contribution in [0, 0.1) is 6.92 Å². The zero-order valence-electron chi connectivity index (χ0n) is 17.9. The van der Waals surface area contributed by atoms with Gasteiger partial charge in [0.25, 0.3) is 0 Å². The van der Waals surface area contributed by atoms with Gasteiger partial charge in [-0.15, -0.1) is 0 Å². The molecule has 0 unspecified atom stereocenters. The summed E-state index contributed by atoms with van der Waals surface area (Å²) in [6.07, 6.45) is 4.48. The van der Waals surface area contributed by atoms with Gasteiger partial charge in [-0.2, -0.15) is 9.78 Å². The summed E-state index contributed by atoms with van der Waals surface area (Å²) in [6, 6.07) is 14.2. The number of benzene rings is 1. The summed E-state index contributed by atoms with van der Waals surface area (Å²) in [7, 11) is 4.22. The maximum atomic E-state index is 13.0. The lowest BCUT2D eigenvalue weighted by Gasteiger charge is -2.21. The van der Waals surface area contributed by atoms with Crippen LogP contribution in [-0.2, 0) is 0 Å². The first-order chi connectivity index (χ1) is 15.0. The summed E-state index contributed by atoms with van der Waals surface area (Å²) in [5, 5.41) is 5.03. The molecule has 0 radical (unpaired) electrons. The molecule has 4 aromatic rings. The van der Waals surface area contributed by atoms with Crippen LogP contribution in [0.2, 0.25) is 0 Å². The fourth-order valence-corrected chi connectivity index (χ4v) is 4.04. The van der Waals surface area contributed by atoms with E-state index < -0.39 is 0 Å². The number of aryl methyl sites for hydroxylation is 1. The Morgan fingerprint density at radius 1 is 1.10 bits per heavy atom. The molecule has 7 heteroatoms. The molecule has 1 aliphatic heterocycles. The second-order valence-electron chi connectivity index (χ2n) is 8.35. The molecule has 158 valence electrons. The van der Waals surface area contributed by atoms with Crippen molar-refractivity contribution in [1.82, 2.24) is 19.7 Å². The van der Waals surface area contributed by atoms with Gasteiger partial charge in [-0.05, 0) is 45.6 Å². The van der Waals surface area contributed by atoms with Crippen molar-refractivity contribution in [2.24, 2.45) is 0 Å². The van der Waals surface area contributed by atoms with Crippen LogP contribution >= 0.6 is 0 Å². The molecule has 0 aliphatic carbocycles. The summed E-state index contributed by atoms with van der Waals surface area (Å²) in [5.74, 6) is 1.58. The highest BCUT2D eigenvalue weighted by molar-refractivity contribution is 5.81. The molecule has 0 bridgehead atoms. The SMILES string of the molecule is Cc1ccc(-c2cc3cnn(-c4ccc(N5CC[C@H](N(C)C)C5)nc4)c(=O)c3o2)cc1. The maximum absolute atomic E-state index is 13.0. The number of fused-ring (bicyclic) bond motifs is 1. The van der Waals surface area contributed by atoms with Gasteiger partial charge >= 0.3 is 5.56 Å². The summed E-state index contributed by atoms with van der Waals surface area (Å²) >= 11 is 0. The van der Waals surface area contributed by atoms with E-state index in [-0.39, 0.29) is 5.56 Å². The second-order valence-corrected chi connectivity index (χ2v) is 8.35. The van der Waals surface area contributed by atoms with Crippen LogP contribution in [-0.4, -0.2) is 52.9 Å². The molecular formula is C24H25N5O2. The normalized spacial score (nSPS) is 16.5.